The van der Waals surface area contributed by atoms with Gasteiger partial charge in [0.15, 0.2) is 0 Å². The predicted molar refractivity (Wildman–Crippen MR) is 49.3 cm³/mol. The van der Waals surface area contributed by atoms with Crippen LogP contribution in [0.2, 0.25) is 0 Å². The number of benzene rings is 1. The number of halogens is 1. The molecule has 0 heterocycles. The monoisotopic (exact) mass is 215 g/mol. The minimum Gasteiger partial charge on any atom is -0.398 e. The van der Waals surface area contributed by atoms with Crippen LogP contribution in [0.4, 0.5) is 5.69 Å². The Balaban J connectivity index is 2.90. The molecule has 0 atom stereocenters. The maximum Gasteiger partial charge on any atom is 0.0472 e. The summed E-state index contributed by atoms with van der Waals surface area (Å²) < 4.78 is 0.969. The molecule has 0 saturated carbocycles. The molecule has 1 aromatic rings. The number of anilines is 1. The standard InChI is InChI=1S/C8H10BrNO/c9-7-2-1-6(3-4-11)8(10)5-7/h1-2,5,11H,3-4,10H2. The molecule has 0 bridgehead atoms. The highest BCUT2D eigenvalue weighted by atomic mass is 79.9. The highest BCUT2D eigenvalue weighted by Gasteiger charge is 1.97. The zero-order chi connectivity index (χ0) is 8.27. The summed E-state index contributed by atoms with van der Waals surface area (Å²) in [5.74, 6) is 0. The molecule has 3 heteroatoms. The van der Waals surface area contributed by atoms with Crippen LogP contribution in [-0.2, 0) is 6.42 Å². The highest BCUT2D eigenvalue weighted by Crippen LogP contribution is 2.18. The SMILES string of the molecule is Nc1cc(Br)ccc1CCO. The first-order valence-corrected chi connectivity index (χ1v) is 4.18. The van der Waals surface area contributed by atoms with Gasteiger partial charge in [-0.05, 0) is 24.1 Å². The van der Waals surface area contributed by atoms with Gasteiger partial charge < -0.3 is 10.8 Å². The molecule has 1 aromatic carbocycles. The molecule has 0 aromatic heterocycles. The molecule has 0 amide bonds. The summed E-state index contributed by atoms with van der Waals surface area (Å²) in [6, 6.07) is 5.67. The van der Waals surface area contributed by atoms with E-state index >= 15 is 0 Å². The van der Waals surface area contributed by atoms with E-state index in [1.807, 2.05) is 18.2 Å². The molecule has 1 rings (SSSR count). The second-order valence-corrected chi connectivity index (χ2v) is 3.23. The number of nitrogen functional groups attached to an aromatic ring is 1. The fourth-order valence-corrected chi connectivity index (χ4v) is 1.29. The first-order valence-electron chi connectivity index (χ1n) is 3.39. The van der Waals surface area contributed by atoms with Crippen LogP contribution in [0.3, 0.4) is 0 Å². The molecule has 0 aliphatic rings. The summed E-state index contributed by atoms with van der Waals surface area (Å²) in [6.45, 7) is 0.145. The van der Waals surface area contributed by atoms with Gasteiger partial charge >= 0.3 is 0 Å². The minimum absolute atomic E-state index is 0.145. The van der Waals surface area contributed by atoms with Gasteiger partial charge in [-0.25, -0.2) is 0 Å². The van der Waals surface area contributed by atoms with E-state index in [0.717, 1.165) is 15.7 Å². The lowest BCUT2D eigenvalue weighted by molar-refractivity contribution is 0.300. The molecule has 60 valence electrons. The zero-order valence-electron chi connectivity index (χ0n) is 6.05. The second kappa shape index (κ2) is 3.74. The summed E-state index contributed by atoms with van der Waals surface area (Å²) in [5.41, 5.74) is 7.39. The summed E-state index contributed by atoms with van der Waals surface area (Å²) in [4.78, 5) is 0. The van der Waals surface area contributed by atoms with Gasteiger partial charge in [-0.15, -0.1) is 0 Å². The van der Waals surface area contributed by atoms with Gasteiger partial charge in [-0.1, -0.05) is 22.0 Å². The van der Waals surface area contributed by atoms with Crippen LogP contribution in [-0.4, -0.2) is 11.7 Å². The van der Waals surface area contributed by atoms with E-state index in [4.69, 9.17) is 10.8 Å². The average molecular weight is 216 g/mol. The molecule has 0 fully saturated rings. The number of hydrogen-bond donors (Lipinski definition) is 2. The first-order chi connectivity index (χ1) is 5.24. The fraction of sp³-hybridized carbons (Fsp3) is 0.250. The van der Waals surface area contributed by atoms with Crippen LogP contribution in [0.1, 0.15) is 5.56 Å². The Labute approximate surface area is 74.2 Å². The molecule has 0 saturated heterocycles. The Morgan fingerprint density at radius 2 is 2.18 bits per heavy atom. The summed E-state index contributed by atoms with van der Waals surface area (Å²) in [7, 11) is 0. The molecule has 0 aliphatic carbocycles. The smallest absolute Gasteiger partial charge is 0.0472 e. The normalized spacial score (nSPS) is 10.0. The molecule has 0 unspecified atom stereocenters. The van der Waals surface area contributed by atoms with Crippen molar-refractivity contribution in [2.24, 2.45) is 0 Å². The highest BCUT2D eigenvalue weighted by molar-refractivity contribution is 9.10. The van der Waals surface area contributed by atoms with Crippen molar-refractivity contribution in [2.45, 2.75) is 6.42 Å². The molecule has 11 heavy (non-hydrogen) atoms. The lowest BCUT2D eigenvalue weighted by Gasteiger charge is -2.02. The Hall–Kier alpha value is -0.540. The topological polar surface area (TPSA) is 46.2 Å². The van der Waals surface area contributed by atoms with E-state index in [2.05, 4.69) is 15.9 Å². The van der Waals surface area contributed by atoms with Crippen molar-refractivity contribution in [3.63, 3.8) is 0 Å². The number of nitrogens with two attached hydrogens (primary N) is 1. The van der Waals surface area contributed by atoms with Gasteiger partial charge in [-0.2, -0.15) is 0 Å². The van der Waals surface area contributed by atoms with Crippen LogP contribution in [0.15, 0.2) is 22.7 Å². The van der Waals surface area contributed by atoms with Gasteiger partial charge in [0.05, 0.1) is 0 Å². The minimum atomic E-state index is 0.145. The van der Waals surface area contributed by atoms with Gasteiger partial charge in [0.25, 0.3) is 0 Å². The molecule has 0 aliphatic heterocycles. The van der Waals surface area contributed by atoms with Crippen LogP contribution in [0.25, 0.3) is 0 Å². The predicted octanol–water partition coefficient (Wildman–Crippen LogP) is 1.57. The summed E-state index contributed by atoms with van der Waals surface area (Å²) >= 11 is 3.30. The summed E-state index contributed by atoms with van der Waals surface area (Å²) in [5, 5.41) is 8.65. The third-order valence-corrected chi connectivity index (χ3v) is 1.98. The fourth-order valence-electron chi connectivity index (χ4n) is 0.914. The van der Waals surface area contributed by atoms with Crippen LogP contribution >= 0.6 is 15.9 Å². The summed E-state index contributed by atoms with van der Waals surface area (Å²) in [6.07, 6.45) is 0.624. The van der Waals surface area contributed by atoms with Crippen molar-refractivity contribution in [1.29, 1.82) is 0 Å². The van der Waals surface area contributed by atoms with Crippen LogP contribution in [0.5, 0.6) is 0 Å². The van der Waals surface area contributed by atoms with Crippen molar-refractivity contribution in [3.8, 4) is 0 Å². The number of rotatable bonds is 2. The van der Waals surface area contributed by atoms with E-state index in [9.17, 15) is 0 Å². The van der Waals surface area contributed by atoms with E-state index in [1.165, 1.54) is 0 Å². The lowest BCUT2D eigenvalue weighted by Crippen LogP contribution is -1.96. The molecular formula is C8H10BrNO. The zero-order valence-corrected chi connectivity index (χ0v) is 7.63. The maximum atomic E-state index is 8.65. The largest absolute Gasteiger partial charge is 0.398 e. The maximum absolute atomic E-state index is 8.65. The Morgan fingerprint density at radius 1 is 1.45 bits per heavy atom. The Kier molecular flexibility index (Phi) is 2.91. The van der Waals surface area contributed by atoms with Gasteiger partial charge in [0, 0.05) is 16.8 Å². The quantitative estimate of drug-likeness (QED) is 0.737. The number of hydrogen-bond acceptors (Lipinski definition) is 2. The molecule has 0 spiro atoms. The van der Waals surface area contributed by atoms with Crippen molar-refractivity contribution >= 4 is 21.6 Å². The molecule has 2 nitrogen and oxygen atoms in total. The lowest BCUT2D eigenvalue weighted by atomic mass is 10.1. The molecule has 3 N–H and O–H groups in total. The third-order valence-electron chi connectivity index (χ3n) is 1.49. The van der Waals surface area contributed by atoms with E-state index in [1.54, 1.807) is 0 Å². The Morgan fingerprint density at radius 3 is 2.73 bits per heavy atom. The van der Waals surface area contributed by atoms with E-state index in [0.29, 0.717) is 6.42 Å². The number of aliphatic hydroxyl groups is 1. The number of aliphatic hydroxyl groups excluding tert-OH is 1. The van der Waals surface area contributed by atoms with Gasteiger partial charge in [0.2, 0.25) is 0 Å². The van der Waals surface area contributed by atoms with Crippen LogP contribution < -0.4 is 5.73 Å². The van der Waals surface area contributed by atoms with Crippen molar-refractivity contribution in [1.82, 2.24) is 0 Å². The van der Waals surface area contributed by atoms with Gasteiger partial charge in [-0.3, -0.25) is 0 Å². The Bertz CT molecular complexity index is 250. The van der Waals surface area contributed by atoms with Crippen molar-refractivity contribution in [2.75, 3.05) is 12.3 Å². The van der Waals surface area contributed by atoms with Gasteiger partial charge in [0.1, 0.15) is 0 Å². The average Bonchev–Trinajstić information content (AvgIpc) is 1.95. The van der Waals surface area contributed by atoms with Crippen molar-refractivity contribution < 1.29 is 5.11 Å². The second-order valence-electron chi connectivity index (χ2n) is 2.32. The van der Waals surface area contributed by atoms with Crippen LogP contribution in [0, 0.1) is 0 Å². The third kappa shape index (κ3) is 2.20. The van der Waals surface area contributed by atoms with Crippen molar-refractivity contribution in [3.05, 3.63) is 28.2 Å². The van der Waals surface area contributed by atoms with E-state index in [-0.39, 0.29) is 6.61 Å². The molecular weight excluding hydrogens is 206 g/mol. The molecule has 0 radical (unpaired) electrons. The van der Waals surface area contributed by atoms with E-state index < -0.39 is 0 Å². The first kappa shape index (κ1) is 8.56.